The summed E-state index contributed by atoms with van der Waals surface area (Å²) in [6.07, 6.45) is -0.445. The lowest BCUT2D eigenvalue weighted by atomic mass is 9.47. The van der Waals surface area contributed by atoms with E-state index in [9.17, 15) is 29.7 Å². The lowest BCUT2D eigenvalue weighted by Crippen LogP contribution is -2.59. The van der Waals surface area contributed by atoms with Crippen molar-refractivity contribution in [2.45, 2.75) is 66.1 Å². The number of carbonyl (C=O) groups is 3. The molecule has 3 aliphatic carbocycles. The molecule has 0 spiro atoms. The van der Waals surface area contributed by atoms with E-state index in [1.165, 1.54) is 6.92 Å². The molecule has 0 aromatic heterocycles. The van der Waals surface area contributed by atoms with Crippen LogP contribution >= 0.6 is 0 Å². The largest absolute Gasteiger partial charge is 0.507 e. The summed E-state index contributed by atoms with van der Waals surface area (Å²) in [5.74, 6) is -3.77. The Labute approximate surface area is 170 Å². The Bertz CT molecular complexity index is 834. The van der Waals surface area contributed by atoms with Crippen molar-refractivity contribution < 1.29 is 34.4 Å². The van der Waals surface area contributed by atoms with Crippen LogP contribution in [0.3, 0.4) is 0 Å². The summed E-state index contributed by atoms with van der Waals surface area (Å²) in [7, 11) is 0. The maximum atomic E-state index is 13.2. The van der Waals surface area contributed by atoms with Gasteiger partial charge in [0.05, 0.1) is 18.3 Å². The van der Waals surface area contributed by atoms with E-state index in [4.69, 9.17) is 4.74 Å². The lowest BCUT2D eigenvalue weighted by molar-refractivity contribution is -0.143. The number of hydrogen-bond acceptors (Lipinski definition) is 7. The van der Waals surface area contributed by atoms with Gasteiger partial charge >= 0.3 is 5.97 Å². The molecule has 3 rings (SSSR count). The van der Waals surface area contributed by atoms with Crippen molar-refractivity contribution >= 4 is 17.5 Å². The van der Waals surface area contributed by atoms with E-state index in [0.717, 1.165) is 12.8 Å². The van der Waals surface area contributed by atoms with Gasteiger partial charge in [-0.05, 0) is 18.3 Å². The Morgan fingerprint density at radius 2 is 1.79 bits per heavy atom. The highest BCUT2D eigenvalue weighted by Gasteiger charge is 2.61. The molecule has 0 heterocycles. The summed E-state index contributed by atoms with van der Waals surface area (Å²) in [4.78, 5) is 37.3. The summed E-state index contributed by atoms with van der Waals surface area (Å²) < 4.78 is 4.93. The first-order chi connectivity index (χ1) is 13.3. The molecular formula is C22H30O7. The van der Waals surface area contributed by atoms with Crippen LogP contribution in [-0.2, 0) is 19.1 Å². The van der Waals surface area contributed by atoms with Crippen LogP contribution in [0.5, 0.6) is 0 Å². The van der Waals surface area contributed by atoms with E-state index in [2.05, 4.69) is 0 Å². The quantitative estimate of drug-likeness (QED) is 0.372. The molecule has 3 N–H and O–H groups in total. The molecule has 7 heteroatoms. The molecule has 0 aromatic rings. The van der Waals surface area contributed by atoms with E-state index in [-0.39, 0.29) is 28.7 Å². The molecule has 0 aromatic carbocycles. The van der Waals surface area contributed by atoms with Crippen LogP contribution in [0.25, 0.3) is 0 Å². The molecule has 0 radical (unpaired) electrons. The Morgan fingerprint density at radius 1 is 1.17 bits per heavy atom. The number of aliphatic hydroxyl groups is 3. The minimum atomic E-state index is -1.48. The molecule has 0 aliphatic heterocycles. The van der Waals surface area contributed by atoms with Gasteiger partial charge < -0.3 is 20.1 Å². The number of esters is 1. The van der Waals surface area contributed by atoms with E-state index < -0.39 is 52.8 Å². The molecule has 3 aliphatic rings. The van der Waals surface area contributed by atoms with Gasteiger partial charge in [-0.2, -0.15) is 0 Å². The Hall–Kier alpha value is -1.99. The zero-order valence-electron chi connectivity index (χ0n) is 17.6. The van der Waals surface area contributed by atoms with E-state index >= 15 is 0 Å². The number of carbonyl (C=O) groups excluding carboxylic acids is 3. The van der Waals surface area contributed by atoms with Crippen molar-refractivity contribution in [2.24, 2.45) is 22.7 Å². The summed E-state index contributed by atoms with van der Waals surface area (Å²) in [5, 5.41) is 32.8. The van der Waals surface area contributed by atoms with Crippen LogP contribution in [0.15, 0.2) is 22.5 Å². The monoisotopic (exact) mass is 406 g/mol. The second kappa shape index (κ2) is 7.06. The van der Waals surface area contributed by atoms with Gasteiger partial charge in [0.1, 0.15) is 11.9 Å². The van der Waals surface area contributed by atoms with Crippen LogP contribution in [0.1, 0.15) is 53.9 Å². The maximum Gasteiger partial charge on any atom is 0.302 e. The molecule has 1 saturated carbocycles. The number of rotatable bonds is 3. The number of allylic oxidation sites excluding steroid dienone is 1. The fourth-order valence-corrected chi connectivity index (χ4v) is 5.92. The minimum Gasteiger partial charge on any atom is -0.507 e. The second-order valence-corrected chi connectivity index (χ2v) is 9.59. The summed E-state index contributed by atoms with van der Waals surface area (Å²) in [5.41, 5.74) is -1.29. The van der Waals surface area contributed by atoms with Crippen LogP contribution in [0.4, 0.5) is 0 Å². The number of Topliss-reactive ketones (excluding diaryl/α,β-unsaturated/α-hetero) is 2. The van der Waals surface area contributed by atoms with Gasteiger partial charge in [-0.3, -0.25) is 14.4 Å². The van der Waals surface area contributed by atoms with Gasteiger partial charge in [0.2, 0.25) is 11.6 Å². The van der Waals surface area contributed by atoms with E-state index in [0.29, 0.717) is 6.42 Å². The topological polar surface area (TPSA) is 121 Å². The fraction of sp³-hybridized carbons (Fsp3) is 0.682. The van der Waals surface area contributed by atoms with Gasteiger partial charge in [0.25, 0.3) is 0 Å². The van der Waals surface area contributed by atoms with Gasteiger partial charge in [0.15, 0.2) is 0 Å². The Morgan fingerprint density at radius 3 is 2.38 bits per heavy atom. The normalized spacial score (nSPS) is 35.2. The minimum absolute atomic E-state index is 0.0526. The maximum absolute atomic E-state index is 13.2. The predicted octanol–water partition coefficient (Wildman–Crippen LogP) is 2.01. The molecule has 29 heavy (non-hydrogen) atoms. The number of hydrogen-bond donors (Lipinski definition) is 3. The summed E-state index contributed by atoms with van der Waals surface area (Å²) >= 11 is 0. The molecule has 0 saturated heterocycles. The highest BCUT2D eigenvalue weighted by molar-refractivity contribution is 6.50. The van der Waals surface area contributed by atoms with Crippen molar-refractivity contribution in [1.82, 2.24) is 0 Å². The summed E-state index contributed by atoms with van der Waals surface area (Å²) in [6, 6.07) is 0. The average molecular weight is 406 g/mol. The van der Waals surface area contributed by atoms with Gasteiger partial charge in [-0.1, -0.05) is 34.1 Å². The van der Waals surface area contributed by atoms with Crippen LogP contribution in [-0.4, -0.2) is 51.7 Å². The highest BCUT2D eigenvalue weighted by Crippen LogP contribution is 2.61. The first-order valence-electron chi connectivity index (χ1n) is 10.1. The zero-order chi connectivity index (χ0) is 21.9. The summed E-state index contributed by atoms with van der Waals surface area (Å²) in [6.45, 7) is 8.44. The predicted molar refractivity (Wildman–Crippen MR) is 104 cm³/mol. The molecular weight excluding hydrogens is 376 g/mol. The molecule has 0 unspecified atom stereocenters. The van der Waals surface area contributed by atoms with Crippen molar-refractivity contribution in [2.75, 3.05) is 6.61 Å². The number of ether oxygens (including phenoxy) is 1. The van der Waals surface area contributed by atoms with Gasteiger partial charge in [0, 0.05) is 35.3 Å². The third kappa shape index (κ3) is 3.15. The van der Waals surface area contributed by atoms with Crippen LogP contribution < -0.4 is 0 Å². The highest BCUT2D eigenvalue weighted by atomic mass is 16.5. The van der Waals surface area contributed by atoms with Crippen LogP contribution in [0, 0.1) is 22.7 Å². The number of fused-ring (bicyclic) bond motifs is 2. The first kappa shape index (κ1) is 21.7. The van der Waals surface area contributed by atoms with E-state index in [1.54, 1.807) is 6.92 Å². The third-order valence-corrected chi connectivity index (χ3v) is 7.06. The Balaban J connectivity index is 2.19. The van der Waals surface area contributed by atoms with Crippen molar-refractivity contribution in [1.29, 1.82) is 0 Å². The second-order valence-electron chi connectivity index (χ2n) is 9.59. The van der Waals surface area contributed by atoms with Gasteiger partial charge in [-0.15, -0.1) is 0 Å². The van der Waals surface area contributed by atoms with Crippen molar-refractivity contribution in [3.8, 4) is 0 Å². The molecule has 5 atom stereocenters. The first-order valence-corrected chi connectivity index (χ1v) is 10.1. The average Bonchev–Trinajstić information content (AvgIpc) is 2.60. The molecule has 160 valence electrons. The number of aliphatic hydroxyl groups excluding tert-OH is 3. The SMILES string of the molecule is CC(=O)OC[C@H](C)C1=C(O)C2=C(C(=O)C1=O)[C@@]1(C)CCCC(C)(C)[C@@H]1[C@H](O)[C@H]2O. The zero-order valence-corrected chi connectivity index (χ0v) is 17.6. The number of ketones is 2. The van der Waals surface area contributed by atoms with Crippen LogP contribution in [0.2, 0.25) is 0 Å². The molecule has 7 nitrogen and oxygen atoms in total. The van der Waals surface area contributed by atoms with Crippen molar-refractivity contribution in [3.63, 3.8) is 0 Å². The van der Waals surface area contributed by atoms with E-state index in [1.807, 2.05) is 20.8 Å². The standard InChI is InChI=1S/C22H30O7/c1-10(9-29-11(2)23)12-15(24)13-14(18(27)16(12)25)22(5)8-6-7-21(3,4)20(22)19(28)17(13)26/h10,17,19-20,24,26,28H,6-9H2,1-5H3/t10-,17-,19+,20-,22+/m0/s1. The smallest absolute Gasteiger partial charge is 0.302 e. The molecule has 0 bridgehead atoms. The molecule has 1 fully saturated rings. The lowest BCUT2D eigenvalue weighted by Gasteiger charge is -2.57. The fourth-order valence-electron chi connectivity index (χ4n) is 5.92. The van der Waals surface area contributed by atoms with Gasteiger partial charge in [-0.25, -0.2) is 0 Å². The third-order valence-electron chi connectivity index (χ3n) is 7.06. The molecule has 0 amide bonds. The van der Waals surface area contributed by atoms with Crippen molar-refractivity contribution in [3.05, 3.63) is 22.5 Å². The Kier molecular flexibility index (Phi) is 5.28.